The van der Waals surface area contributed by atoms with Gasteiger partial charge in [-0.3, -0.25) is 9.79 Å². The minimum Gasteiger partial charge on any atom is -0.478 e. The molecule has 0 spiro atoms. The van der Waals surface area contributed by atoms with Gasteiger partial charge in [0.25, 0.3) is 0 Å². The fourth-order valence-electron chi connectivity index (χ4n) is 1.14. The van der Waals surface area contributed by atoms with Gasteiger partial charge in [0.05, 0.1) is 6.54 Å². The van der Waals surface area contributed by atoms with E-state index in [2.05, 4.69) is 9.83 Å². The number of nitrogens with zero attached hydrogens (tertiary/aromatic N) is 2. The molecule has 0 aliphatic carbocycles. The third-order valence-corrected chi connectivity index (χ3v) is 1.76. The number of rotatable bonds is 4. The molecule has 14 heavy (non-hydrogen) atoms. The van der Waals surface area contributed by atoms with Gasteiger partial charge in [-0.25, -0.2) is 4.84 Å². The van der Waals surface area contributed by atoms with Crippen LogP contribution < -0.4 is 0 Å². The molecule has 1 atom stereocenters. The highest BCUT2D eigenvalue weighted by atomic mass is 17.0. The van der Waals surface area contributed by atoms with Gasteiger partial charge in [-0.15, -0.1) is 10.1 Å². The van der Waals surface area contributed by atoms with Gasteiger partial charge >= 0.3 is 11.1 Å². The first kappa shape index (κ1) is 10.4. The number of carbonyl (C=O) groups excluding carboxylic acids is 1. The first-order valence-corrected chi connectivity index (χ1v) is 4.18. The standard InChI is InChI=1S/C7H10N2O5/c1-2-5(6-8-3-4-13-6)7(10)14-9(11)12/h5H,2-4H2,1H3. The van der Waals surface area contributed by atoms with Crippen LogP contribution in [0.4, 0.5) is 0 Å². The third kappa shape index (κ3) is 2.41. The van der Waals surface area contributed by atoms with Crippen molar-refractivity contribution in [2.45, 2.75) is 13.3 Å². The number of hydrogen-bond acceptors (Lipinski definition) is 6. The van der Waals surface area contributed by atoms with Gasteiger partial charge in [0.2, 0.25) is 0 Å². The molecule has 0 saturated carbocycles. The Morgan fingerprint density at radius 1 is 1.86 bits per heavy atom. The highest BCUT2D eigenvalue weighted by Gasteiger charge is 2.28. The van der Waals surface area contributed by atoms with E-state index >= 15 is 0 Å². The average molecular weight is 202 g/mol. The van der Waals surface area contributed by atoms with Gasteiger partial charge in [-0.2, -0.15) is 0 Å². The summed E-state index contributed by atoms with van der Waals surface area (Å²) in [6.45, 7) is 2.60. The number of ether oxygens (including phenoxy) is 1. The molecule has 0 aromatic carbocycles. The Morgan fingerprint density at radius 2 is 2.57 bits per heavy atom. The molecule has 0 aromatic heterocycles. The largest absolute Gasteiger partial charge is 0.478 e. The third-order valence-electron chi connectivity index (χ3n) is 1.76. The quantitative estimate of drug-likeness (QED) is 0.479. The zero-order valence-corrected chi connectivity index (χ0v) is 7.63. The maximum atomic E-state index is 11.1. The molecule has 0 saturated heterocycles. The molecule has 0 fully saturated rings. The van der Waals surface area contributed by atoms with Crippen LogP contribution in [0.15, 0.2) is 4.99 Å². The van der Waals surface area contributed by atoms with Crippen molar-refractivity contribution < 1.29 is 19.5 Å². The monoisotopic (exact) mass is 202 g/mol. The fourth-order valence-corrected chi connectivity index (χ4v) is 1.14. The second kappa shape index (κ2) is 4.54. The number of hydrogen-bond donors (Lipinski definition) is 0. The molecule has 1 aliphatic rings. The van der Waals surface area contributed by atoms with E-state index in [1.807, 2.05) is 0 Å². The predicted octanol–water partition coefficient (Wildman–Crippen LogP) is 0.176. The van der Waals surface area contributed by atoms with Crippen molar-refractivity contribution in [3.8, 4) is 0 Å². The molecule has 1 unspecified atom stereocenters. The van der Waals surface area contributed by atoms with Gasteiger partial charge in [0, 0.05) is 0 Å². The van der Waals surface area contributed by atoms with Crippen molar-refractivity contribution >= 4 is 11.9 Å². The molecule has 1 rings (SSSR count). The van der Waals surface area contributed by atoms with Crippen LogP contribution in [-0.2, 0) is 14.4 Å². The summed E-state index contributed by atoms with van der Waals surface area (Å²) in [6, 6.07) is 0. The fraction of sp³-hybridized carbons (Fsp3) is 0.714. The van der Waals surface area contributed by atoms with E-state index in [4.69, 9.17) is 4.74 Å². The summed E-state index contributed by atoms with van der Waals surface area (Å²) in [5.74, 6) is -1.46. The maximum absolute atomic E-state index is 11.1. The van der Waals surface area contributed by atoms with Gasteiger partial charge in [0.15, 0.2) is 5.90 Å². The summed E-state index contributed by atoms with van der Waals surface area (Å²) in [5, 5.41) is 8.80. The van der Waals surface area contributed by atoms with E-state index in [1.165, 1.54) is 0 Å². The average Bonchev–Trinajstić information content (AvgIpc) is 2.57. The molecule has 7 nitrogen and oxygen atoms in total. The lowest BCUT2D eigenvalue weighted by Crippen LogP contribution is -2.27. The Labute approximate surface area is 79.8 Å². The van der Waals surface area contributed by atoms with E-state index in [-0.39, 0.29) is 5.90 Å². The SMILES string of the molecule is CCC(C(=O)O[N+](=O)[O-])C1=NCCO1. The van der Waals surface area contributed by atoms with E-state index in [0.717, 1.165) is 0 Å². The second-order valence-corrected chi connectivity index (χ2v) is 2.66. The summed E-state index contributed by atoms with van der Waals surface area (Å²) in [7, 11) is 0. The lowest BCUT2D eigenvalue weighted by atomic mass is 10.1. The van der Waals surface area contributed by atoms with E-state index in [1.54, 1.807) is 6.92 Å². The van der Waals surface area contributed by atoms with Crippen LogP contribution in [0.5, 0.6) is 0 Å². The Bertz CT molecular complexity index is 275. The summed E-state index contributed by atoms with van der Waals surface area (Å²) in [4.78, 5) is 28.8. The van der Waals surface area contributed by atoms with Gasteiger partial charge < -0.3 is 4.74 Å². The highest BCUT2D eigenvalue weighted by molar-refractivity contribution is 5.98. The van der Waals surface area contributed by atoms with Gasteiger partial charge in [-0.05, 0) is 6.42 Å². The first-order valence-electron chi connectivity index (χ1n) is 4.18. The molecular weight excluding hydrogens is 192 g/mol. The topological polar surface area (TPSA) is 91.0 Å². The van der Waals surface area contributed by atoms with Crippen molar-refractivity contribution in [1.82, 2.24) is 0 Å². The van der Waals surface area contributed by atoms with Crippen LogP contribution >= 0.6 is 0 Å². The summed E-state index contributed by atoms with van der Waals surface area (Å²) < 4.78 is 5.04. The van der Waals surface area contributed by atoms with Crippen molar-refractivity contribution in [3.63, 3.8) is 0 Å². The van der Waals surface area contributed by atoms with Crippen LogP contribution in [0.1, 0.15) is 13.3 Å². The van der Waals surface area contributed by atoms with Gasteiger partial charge in [0.1, 0.15) is 12.5 Å². The lowest BCUT2D eigenvalue weighted by molar-refractivity contribution is -0.730. The Balaban J connectivity index is 2.61. The summed E-state index contributed by atoms with van der Waals surface area (Å²) in [5.41, 5.74) is 0. The van der Waals surface area contributed by atoms with E-state index in [9.17, 15) is 14.9 Å². The van der Waals surface area contributed by atoms with Crippen molar-refractivity contribution in [2.24, 2.45) is 10.9 Å². The maximum Gasteiger partial charge on any atom is 0.316 e. The minimum atomic E-state index is -1.12. The van der Waals surface area contributed by atoms with Crippen LogP contribution in [0, 0.1) is 16.0 Å². The van der Waals surface area contributed by atoms with Crippen LogP contribution in [0.2, 0.25) is 0 Å². The normalized spacial score (nSPS) is 16.8. The Morgan fingerprint density at radius 3 is 3.00 bits per heavy atom. The Kier molecular flexibility index (Phi) is 3.38. The smallest absolute Gasteiger partial charge is 0.316 e. The predicted molar refractivity (Wildman–Crippen MR) is 45.1 cm³/mol. The zero-order chi connectivity index (χ0) is 10.6. The van der Waals surface area contributed by atoms with Crippen LogP contribution in [-0.4, -0.2) is 30.1 Å². The summed E-state index contributed by atoms with van der Waals surface area (Å²) >= 11 is 0. The van der Waals surface area contributed by atoms with Crippen LogP contribution in [0.3, 0.4) is 0 Å². The van der Waals surface area contributed by atoms with Crippen LogP contribution in [0.25, 0.3) is 0 Å². The first-order chi connectivity index (χ1) is 6.65. The van der Waals surface area contributed by atoms with Crippen molar-refractivity contribution in [2.75, 3.05) is 13.2 Å². The number of aliphatic imine (C=N–C) groups is 1. The molecule has 0 radical (unpaired) electrons. The minimum absolute atomic E-state index is 0.236. The molecule has 7 heteroatoms. The molecule has 1 aliphatic heterocycles. The van der Waals surface area contributed by atoms with Crippen molar-refractivity contribution in [1.29, 1.82) is 0 Å². The number of carbonyl (C=O) groups is 1. The zero-order valence-electron chi connectivity index (χ0n) is 7.63. The van der Waals surface area contributed by atoms with Gasteiger partial charge in [-0.1, -0.05) is 6.92 Å². The highest BCUT2D eigenvalue weighted by Crippen LogP contribution is 2.12. The second-order valence-electron chi connectivity index (χ2n) is 2.66. The molecule has 0 bridgehead atoms. The molecule has 0 amide bonds. The van der Waals surface area contributed by atoms with E-state index < -0.39 is 17.0 Å². The summed E-state index contributed by atoms with van der Waals surface area (Å²) in [6.07, 6.45) is 0.367. The molecule has 78 valence electrons. The molecule has 0 N–H and O–H groups in total. The van der Waals surface area contributed by atoms with E-state index in [0.29, 0.717) is 19.6 Å². The molecule has 1 heterocycles. The van der Waals surface area contributed by atoms with Crippen molar-refractivity contribution in [3.05, 3.63) is 10.1 Å². The lowest BCUT2D eigenvalue weighted by Gasteiger charge is -2.10. The molecular formula is C7H10N2O5. The Hall–Kier alpha value is -1.66. The molecule has 0 aromatic rings.